The van der Waals surface area contributed by atoms with Crippen LogP contribution < -0.4 is 4.74 Å². The van der Waals surface area contributed by atoms with Gasteiger partial charge in [-0.1, -0.05) is 24.1 Å². The molecule has 2 atom stereocenters. The molecule has 0 amide bonds. The van der Waals surface area contributed by atoms with Crippen molar-refractivity contribution in [2.75, 3.05) is 0 Å². The van der Waals surface area contributed by atoms with Gasteiger partial charge in [0.05, 0.1) is 6.10 Å². The highest BCUT2D eigenvalue weighted by Gasteiger charge is 2.24. The van der Waals surface area contributed by atoms with Crippen LogP contribution in [0.25, 0.3) is 0 Å². The van der Waals surface area contributed by atoms with Gasteiger partial charge < -0.3 is 9.84 Å². The number of hydrogen-bond acceptors (Lipinski definition) is 2. The normalized spacial score (nSPS) is 26.3. The van der Waals surface area contributed by atoms with E-state index in [1.807, 2.05) is 18.2 Å². The first-order chi connectivity index (χ1) is 7.25. The molecule has 0 spiro atoms. The molecule has 0 aliphatic heterocycles. The number of hydrogen-bond donors (Lipinski definition) is 1. The van der Waals surface area contributed by atoms with Crippen molar-refractivity contribution in [3.63, 3.8) is 0 Å². The lowest BCUT2D eigenvalue weighted by molar-refractivity contribution is 0.00688. The predicted octanol–water partition coefficient (Wildman–Crippen LogP) is 3.02. The third kappa shape index (κ3) is 2.86. The largest absolute Gasteiger partial charge is 0.488 e. The van der Waals surface area contributed by atoms with Crippen molar-refractivity contribution in [2.45, 2.75) is 37.9 Å². The number of ether oxygens (including phenoxy) is 1. The number of halogens is 1. The first kappa shape index (κ1) is 10.8. The third-order valence-corrected chi connectivity index (χ3v) is 2.99. The van der Waals surface area contributed by atoms with Crippen LogP contribution in [0.2, 0.25) is 5.02 Å². The molecular weight excluding hydrogens is 212 g/mol. The van der Waals surface area contributed by atoms with E-state index in [4.69, 9.17) is 16.3 Å². The van der Waals surface area contributed by atoms with Gasteiger partial charge in [0.2, 0.25) is 0 Å². The molecule has 0 aromatic heterocycles. The summed E-state index contributed by atoms with van der Waals surface area (Å²) in [5.41, 5.74) is 0. The monoisotopic (exact) mass is 226 g/mol. The average Bonchev–Trinajstić information content (AvgIpc) is 2.22. The first-order valence-electron chi connectivity index (χ1n) is 5.36. The Labute approximate surface area is 94.8 Å². The maximum atomic E-state index is 9.74. The molecule has 1 aromatic rings. The van der Waals surface area contributed by atoms with E-state index >= 15 is 0 Å². The fraction of sp³-hybridized carbons (Fsp3) is 0.500. The van der Waals surface area contributed by atoms with E-state index in [2.05, 4.69) is 0 Å². The predicted molar refractivity (Wildman–Crippen MR) is 60.3 cm³/mol. The van der Waals surface area contributed by atoms with Crippen LogP contribution in [0.3, 0.4) is 0 Å². The van der Waals surface area contributed by atoms with Crippen LogP contribution in [0.15, 0.2) is 24.3 Å². The lowest BCUT2D eigenvalue weighted by Gasteiger charge is -2.28. The smallest absolute Gasteiger partial charge is 0.124 e. The van der Waals surface area contributed by atoms with Gasteiger partial charge in [0.1, 0.15) is 11.9 Å². The maximum absolute atomic E-state index is 9.74. The zero-order valence-electron chi connectivity index (χ0n) is 8.53. The average molecular weight is 227 g/mol. The van der Waals surface area contributed by atoms with Crippen LogP contribution in [0.5, 0.6) is 5.75 Å². The summed E-state index contributed by atoms with van der Waals surface area (Å²) >= 11 is 5.86. The molecule has 1 fully saturated rings. The van der Waals surface area contributed by atoms with Crippen molar-refractivity contribution in [3.05, 3.63) is 29.3 Å². The molecular formula is C12H15ClO2. The van der Waals surface area contributed by atoms with E-state index in [0.29, 0.717) is 5.02 Å². The Hall–Kier alpha value is -0.730. The number of aliphatic hydroxyl groups excluding tert-OH is 1. The second-order valence-corrected chi connectivity index (χ2v) is 4.40. The van der Waals surface area contributed by atoms with Gasteiger partial charge in [-0.05, 0) is 37.5 Å². The second kappa shape index (κ2) is 4.86. The molecule has 3 heteroatoms. The zero-order valence-corrected chi connectivity index (χ0v) is 9.28. The van der Waals surface area contributed by atoms with Gasteiger partial charge in [-0.2, -0.15) is 0 Å². The van der Waals surface area contributed by atoms with Gasteiger partial charge >= 0.3 is 0 Å². The number of rotatable bonds is 2. The van der Waals surface area contributed by atoms with Crippen molar-refractivity contribution in [1.82, 2.24) is 0 Å². The van der Waals surface area contributed by atoms with Crippen LogP contribution >= 0.6 is 11.6 Å². The highest BCUT2D eigenvalue weighted by atomic mass is 35.5. The Bertz CT molecular complexity index is 327. The molecule has 1 aliphatic rings. The van der Waals surface area contributed by atoms with Crippen molar-refractivity contribution in [2.24, 2.45) is 0 Å². The van der Waals surface area contributed by atoms with Gasteiger partial charge in [-0.3, -0.25) is 0 Å². The summed E-state index contributed by atoms with van der Waals surface area (Å²) in [4.78, 5) is 0. The second-order valence-electron chi connectivity index (χ2n) is 3.97. The molecule has 2 nitrogen and oxygen atoms in total. The van der Waals surface area contributed by atoms with E-state index in [9.17, 15) is 5.11 Å². The molecule has 2 rings (SSSR count). The lowest BCUT2D eigenvalue weighted by Crippen LogP contribution is -2.34. The van der Waals surface area contributed by atoms with Crippen LogP contribution in [-0.4, -0.2) is 17.3 Å². The van der Waals surface area contributed by atoms with Gasteiger partial charge in [0, 0.05) is 5.02 Å². The minimum atomic E-state index is -0.335. The van der Waals surface area contributed by atoms with Crippen LogP contribution in [0, 0.1) is 0 Å². The first-order valence-corrected chi connectivity index (χ1v) is 5.74. The summed E-state index contributed by atoms with van der Waals surface area (Å²) in [6, 6.07) is 7.31. The number of aliphatic hydroxyl groups is 1. The van der Waals surface area contributed by atoms with Crippen molar-refractivity contribution in [1.29, 1.82) is 0 Å². The van der Waals surface area contributed by atoms with E-state index in [-0.39, 0.29) is 12.2 Å². The Kier molecular flexibility index (Phi) is 3.49. The Morgan fingerprint density at radius 1 is 1.27 bits per heavy atom. The molecule has 15 heavy (non-hydrogen) atoms. The lowest BCUT2D eigenvalue weighted by atomic mass is 9.95. The summed E-state index contributed by atoms with van der Waals surface area (Å²) < 4.78 is 5.71. The summed E-state index contributed by atoms with van der Waals surface area (Å²) in [5.74, 6) is 0.744. The van der Waals surface area contributed by atoms with Crippen molar-refractivity contribution < 1.29 is 9.84 Å². The summed E-state index contributed by atoms with van der Waals surface area (Å²) in [5, 5.41) is 10.4. The molecule has 1 aliphatic carbocycles. The summed E-state index contributed by atoms with van der Waals surface area (Å²) in [7, 11) is 0. The van der Waals surface area contributed by atoms with Crippen LogP contribution in [-0.2, 0) is 0 Å². The molecule has 0 radical (unpaired) electrons. The van der Waals surface area contributed by atoms with Gasteiger partial charge in [0.15, 0.2) is 0 Å². The standard InChI is InChI=1S/C12H15ClO2/c13-9-4-3-5-10(8-9)15-12-7-2-1-6-11(12)14/h3-5,8,11-12,14H,1-2,6-7H2/t11-,12-/m0/s1. The fourth-order valence-corrected chi connectivity index (χ4v) is 2.11. The molecule has 0 unspecified atom stereocenters. The molecule has 1 saturated carbocycles. The maximum Gasteiger partial charge on any atom is 0.124 e. The quantitative estimate of drug-likeness (QED) is 0.840. The molecule has 1 N–H and O–H groups in total. The minimum absolute atomic E-state index is 0.0720. The van der Waals surface area contributed by atoms with E-state index < -0.39 is 0 Å². The van der Waals surface area contributed by atoms with Gasteiger partial charge in [-0.15, -0.1) is 0 Å². The molecule has 1 aromatic carbocycles. The molecule has 0 bridgehead atoms. The van der Waals surface area contributed by atoms with E-state index in [1.165, 1.54) is 0 Å². The number of benzene rings is 1. The Balaban J connectivity index is 2.01. The third-order valence-electron chi connectivity index (χ3n) is 2.75. The van der Waals surface area contributed by atoms with Crippen molar-refractivity contribution in [3.8, 4) is 5.75 Å². The Morgan fingerprint density at radius 2 is 2.07 bits per heavy atom. The SMILES string of the molecule is O[C@H]1CCCC[C@@H]1Oc1cccc(Cl)c1. The zero-order chi connectivity index (χ0) is 10.7. The highest BCUT2D eigenvalue weighted by molar-refractivity contribution is 6.30. The molecule has 82 valence electrons. The van der Waals surface area contributed by atoms with E-state index in [1.54, 1.807) is 6.07 Å². The fourth-order valence-electron chi connectivity index (χ4n) is 1.93. The van der Waals surface area contributed by atoms with Crippen LogP contribution in [0.4, 0.5) is 0 Å². The summed E-state index contributed by atoms with van der Waals surface area (Å²) in [6.45, 7) is 0. The van der Waals surface area contributed by atoms with Gasteiger partial charge in [-0.25, -0.2) is 0 Å². The van der Waals surface area contributed by atoms with Gasteiger partial charge in [0.25, 0.3) is 0 Å². The highest BCUT2D eigenvalue weighted by Crippen LogP contribution is 2.25. The minimum Gasteiger partial charge on any atom is -0.488 e. The topological polar surface area (TPSA) is 29.5 Å². The summed E-state index contributed by atoms with van der Waals surface area (Å²) in [6.07, 6.45) is 3.58. The Morgan fingerprint density at radius 3 is 2.80 bits per heavy atom. The van der Waals surface area contributed by atoms with E-state index in [0.717, 1.165) is 31.4 Å². The van der Waals surface area contributed by atoms with Crippen LogP contribution in [0.1, 0.15) is 25.7 Å². The van der Waals surface area contributed by atoms with Crippen molar-refractivity contribution >= 4 is 11.6 Å². The molecule has 0 heterocycles. The molecule has 0 saturated heterocycles.